The number of aromatic nitrogens is 4. The zero-order chi connectivity index (χ0) is 17.8. The summed E-state index contributed by atoms with van der Waals surface area (Å²) >= 11 is 0. The van der Waals surface area contributed by atoms with Crippen LogP contribution >= 0.6 is 0 Å². The van der Waals surface area contributed by atoms with Crippen LogP contribution in [-0.2, 0) is 20.0 Å². The lowest BCUT2D eigenvalue weighted by Gasteiger charge is -2.04. The SMILES string of the molecule is Cc1noc(CCNCc2cn(C)nc2-c2ccc([N+](=O)[O-])cc2)n1. The quantitative estimate of drug-likeness (QED) is 0.397. The van der Waals surface area contributed by atoms with Crippen LogP contribution in [0.5, 0.6) is 0 Å². The maximum Gasteiger partial charge on any atom is 0.269 e. The number of nitro benzene ring substituents is 1. The third kappa shape index (κ3) is 4.07. The number of nitrogens with one attached hydrogen (secondary N) is 1. The monoisotopic (exact) mass is 342 g/mol. The average Bonchev–Trinajstić information content (AvgIpc) is 3.17. The molecule has 1 aromatic carbocycles. The summed E-state index contributed by atoms with van der Waals surface area (Å²) in [5.74, 6) is 1.23. The molecule has 0 radical (unpaired) electrons. The molecule has 0 aliphatic heterocycles. The predicted octanol–water partition coefficient (Wildman–Crippen LogP) is 2.02. The summed E-state index contributed by atoms with van der Waals surface area (Å²) in [7, 11) is 1.85. The minimum atomic E-state index is -0.413. The minimum absolute atomic E-state index is 0.0641. The molecular formula is C16H18N6O3. The number of benzene rings is 1. The number of hydrogen-bond donors (Lipinski definition) is 1. The molecule has 9 nitrogen and oxygen atoms in total. The van der Waals surface area contributed by atoms with Crippen molar-refractivity contribution in [2.75, 3.05) is 6.54 Å². The highest BCUT2D eigenvalue weighted by molar-refractivity contribution is 5.64. The van der Waals surface area contributed by atoms with E-state index in [1.165, 1.54) is 12.1 Å². The predicted molar refractivity (Wildman–Crippen MR) is 89.7 cm³/mol. The van der Waals surface area contributed by atoms with E-state index in [2.05, 4.69) is 20.6 Å². The maximum atomic E-state index is 10.8. The first-order valence-electron chi connectivity index (χ1n) is 7.80. The number of aryl methyl sites for hydroxylation is 2. The van der Waals surface area contributed by atoms with E-state index in [-0.39, 0.29) is 5.69 Å². The third-order valence-corrected chi connectivity index (χ3v) is 3.66. The smallest absolute Gasteiger partial charge is 0.269 e. The van der Waals surface area contributed by atoms with Crippen molar-refractivity contribution in [3.8, 4) is 11.3 Å². The molecule has 0 saturated heterocycles. The van der Waals surface area contributed by atoms with Gasteiger partial charge in [0.2, 0.25) is 5.89 Å². The fourth-order valence-corrected chi connectivity index (χ4v) is 2.51. The molecule has 0 unspecified atom stereocenters. The highest BCUT2D eigenvalue weighted by Crippen LogP contribution is 2.24. The molecule has 9 heteroatoms. The minimum Gasteiger partial charge on any atom is -0.339 e. The van der Waals surface area contributed by atoms with Gasteiger partial charge in [0.25, 0.3) is 5.69 Å². The first-order valence-corrected chi connectivity index (χ1v) is 7.80. The van der Waals surface area contributed by atoms with Gasteiger partial charge in [-0.15, -0.1) is 0 Å². The summed E-state index contributed by atoms with van der Waals surface area (Å²) < 4.78 is 6.80. The highest BCUT2D eigenvalue weighted by atomic mass is 16.6. The van der Waals surface area contributed by atoms with E-state index in [1.807, 2.05) is 13.2 Å². The molecule has 2 aromatic heterocycles. The number of hydrogen-bond acceptors (Lipinski definition) is 7. The molecule has 0 spiro atoms. The Morgan fingerprint density at radius 3 is 2.72 bits per heavy atom. The van der Waals surface area contributed by atoms with Crippen LogP contribution < -0.4 is 5.32 Å². The van der Waals surface area contributed by atoms with Crippen molar-refractivity contribution in [3.63, 3.8) is 0 Å². The third-order valence-electron chi connectivity index (χ3n) is 3.66. The molecular weight excluding hydrogens is 324 g/mol. The van der Waals surface area contributed by atoms with E-state index in [1.54, 1.807) is 23.7 Å². The average molecular weight is 342 g/mol. The zero-order valence-electron chi connectivity index (χ0n) is 14.0. The topological polar surface area (TPSA) is 112 Å². The van der Waals surface area contributed by atoms with Crippen LogP contribution in [0.25, 0.3) is 11.3 Å². The van der Waals surface area contributed by atoms with Crippen LogP contribution in [0, 0.1) is 17.0 Å². The van der Waals surface area contributed by atoms with Crippen LogP contribution in [0.1, 0.15) is 17.3 Å². The van der Waals surface area contributed by atoms with Gasteiger partial charge in [-0.05, 0) is 19.1 Å². The van der Waals surface area contributed by atoms with E-state index in [0.29, 0.717) is 31.2 Å². The molecule has 0 fully saturated rings. The van der Waals surface area contributed by atoms with Gasteiger partial charge in [-0.25, -0.2) is 0 Å². The van der Waals surface area contributed by atoms with Gasteiger partial charge in [-0.3, -0.25) is 14.8 Å². The molecule has 130 valence electrons. The van der Waals surface area contributed by atoms with Gasteiger partial charge in [0, 0.05) is 56.0 Å². The Hall–Kier alpha value is -3.07. The molecule has 0 aliphatic rings. The van der Waals surface area contributed by atoms with Crippen LogP contribution in [0.3, 0.4) is 0 Å². The second-order valence-electron chi connectivity index (χ2n) is 5.64. The van der Waals surface area contributed by atoms with Crippen molar-refractivity contribution >= 4 is 5.69 Å². The molecule has 3 aromatic rings. The van der Waals surface area contributed by atoms with Crippen molar-refractivity contribution < 1.29 is 9.45 Å². The van der Waals surface area contributed by atoms with E-state index in [4.69, 9.17) is 4.52 Å². The van der Waals surface area contributed by atoms with Gasteiger partial charge >= 0.3 is 0 Å². The molecule has 0 atom stereocenters. The van der Waals surface area contributed by atoms with Gasteiger partial charge < -0.3 is 9.84 Å². The van der Waals surface area contributed by atoms with Crippen molar-refractivity contribution in [2.24, 2.45) is 7.05 Å². The van der Waals surface area contributed by atoms with Crippen LogP contribution in [-0.4, -0.2) is 31.4 Å². The van der Waals surface area contributed by atoms with Crippen molar-refractivity contribution in [2.45, 2.75) is 19.9 Å². The summed E-state index contributed by atoms with van der Waals surface area (Å²) in [6, 6.07) is 6.40. The van der Waals surface area contributed by atoms with Gasteiger partial charge in [0.05, 0.1) is 10.6 Å². The molecule has 0 saturated carbocycles. The molecule has 0 bridgehead atoms. The fraction of sp³-hybridized carbons (Fsp3) is 0.312. The summed E-state index contributed by atoms with van der Waals surface area (Å²) in [5, 5.41) is 22.3. The van der Waals surface area contributed by atoms with E-state index in [0.717, 1.165) is 16.8 Å². The molecule has 0 amide bonds. The first-order chi connectivity index (χ1) is 12.0. The standard InChI is InChI=1S/C16H18N6O3/c1-11-18-15(25-20-11)7-8-17-9-13-10-21(2)19-16(13)12-3-5-14(6-4-12)22(23)24/h3-6,10,17H,7-9H2,1-2H3. The Kier molecular flexibility index (Phi) is 4.85. The Labute approximate surface area is 143 Å². The zero-order valence-corrected chi connectivity index (χ0v) is 14.0. The molecule has 25 heavy (non-hydrogen) atoms. The Morgan fingerprint density at radius 2 is 2.08 bits per heavy atom. The summed E-state index contributed by atoms with van der Waals surface area (Å²) in [5.41, 5.74) is 2.72. The van der Waals surface area contributed by atoms with Gasteiger partial charge in [-0.2, -0.15) is 10.1 Å². The molecule has 2 heterocycles. The Balaban J connectivity index is 1.65. The Morgan fingerprint density at radius 1 is 1.32 bits per heavy atom. The Bertz CT molecular complexity index is 868. The lowest BCUT2D eigenvalue weighted by Crippen LogP contribution is -2.17. The van der Waals surface area contributed by atoms with Gasteiger partial charge in [-0.1, -0.05) is 5.16 Å². The normalized spacial score (nSPS) is 11.0. The summed E-state index contributed by atoms with van der Waals surface area (Å²) in [6.45, 7) is 3.09. The molecule has 3 rings (SSSR count). The second kappa shape index (κ2) is 7.22. The van der Waals surface area contributed by atoms with Gasteiger partial charge in [0.1, 0.15) is 0 Å². The summed E-state index contributed by atoms with van der Waals surface area (Å²) in [6.07, 6.45) is 2.58. The first kappa shape index (κ1) is 16.8. The number of rotatable bonds is 7. The van der Waals surface area contributed by atoms with Crippen LogP contribution in [0.2, 0.25) is 0 Å². The highest BCUT2D eigenvalue weighted by Gasteiger charge is 2.12. The molecule has 0 aliphatic carbocycles. The van der Waals surface area contributed by atoms with Crippen molar-refractivity contribution in [1.82, 2.24) is 25.2 Å². The summed E-state index contributed by atoms with van der Waals surface area (Å²) in [4.78, 5) is 14.5. The number of nitrogens with zero attached hydrogens (tertiary/aromatic N) is 5. The molecule has 1 N–H and O–H groups in total. The van der Waals surface area contributed by atoms with Crippen molar-refractivity contribution in [3.05, 3.63) is 57.9 Å². The second-order valence-corrected chi connectivity index (χ2v) is 5.64. The van der Waals surface area contributed by atoms with Crippen LogP contribution in [0.15, 0.2) is 35.0 Å². The van der Waals surface area contributed by atoms with Crippen molar-refractivity contribution in [1.29, 1.82) is 0 Å². The van der Waals surface area contributed by atoms with E-state index >= 15 is 0 Å². The fourth-order valence-electron chi connectivity index (χ4n) is 2.51. The van der Waals surface area contributed by atoms with E-state index < -0.39 is 4.92 Å². The lowest BCUT2D eigenvalue weighted by atomic mass is 10.1. The number of non-ortho nitro benzene ring substituents is 1. The lowest BCUT2D eigenvalue weighted by molar-refractivity contribution is -0.384. The van der Waals surface area contributed by atoms with Crippen LogP contribution in [0.4, 0.5) is 5.69 Å². The van der Waals surface area contributed by atoms with Gasteiger partial charge in [0.15, 0.2) is 5.82 Å². The van der Waals surface area contributed by atoms with E-state index in [9.17, 15) is 10.1 Å². The largest absolute Gasteiger partial charge is 0.339 e. The maximum absolute atomic E-state index is 10.8. The number of nitro groups is 1.